The molecule has 0 saturated carbocycles. The molecule has 5 atom stereocenters. The average Bonchev–Trinajstić information content (AvgIpc) is 2.64. The summed E-state index contributed by atoms with van der Waals surface area (Å²) in [6.45, 7) is 2.36. The van der Waals surface area contributed by atoms with E-state index in [1.54, 1.807) is 0 Å². The molecule has 2 nitrogen and oxygen atoms in total. The van der Waals surface area contributed by atoms with Gasteiger partial charge in [-0.05, 0) is 25.8 Å². The van der Waals surface area contributed by atoms with Crippen molar-refractivity contribution >= 4 is 0 Å². The van der Waals surface area contributed by atoms with Crippen LogP contribution in [0.5, 0.6) is 0 Å². The van der Waals surface area contributed by atoms with Crippen molar-refractivity contribution in [1.29, 1.82) is 0 Å². The molecule has 3 rings (SSSR count). The second-order valence-corrected chi connectivity index (χ2v) is 4.34. The largest absolute Gasteiger partial charge is 0.366 e. The molecule has 0 aromatic rings. The summed E-state index contributed by atoms with van der Waals surface area (Å²) in [5, 5.41) is 0. The fourth-order valence-corrected chi connectivity index (χ4v) is 3.10. The van der Waals surface area contributed by atoms with E-state index in [9.17, 15) is 0 Å². The highest BCUT2D eigenvalue weighted by atomic mass is 16.6. The molecule has 62 valence electrons. The topological polar surface area (TPSA) is 15.8 Å². The maximum atomic E-state index is 5.62. The van der Waals surface area contributed by atoms with E-state index in [0.29, 0.717) is 12.2 Å². The number of morpholine rings is 1. The van der Waals surface area contributed by atoms with Crippen LogP contribution in [0.3, 0.4) is 0 Å². The predicted molar refractivity (Wildman–Crippen MR) is 42.4 cm³/mol. The van der Waals surface area contributed by atoms with Gasteiger partial charge < -0.3 is 4.74 Å². The first kappa shape index (κ1) is 6.44. The molecule has 0 N–H and O–H groups in total. The van der Waals surface area contributed by atoms with Crippen molar-refractivity contribution in [3.63, 3.8) is 0 Å². The number of epoxide rings is 1. The third-order valence-electron chi connectivity index (χ3n) is 3.77. The molecule has 3 aliphatic rings. The van der Waals surface area contributed by atoms with Crippen LogP contribution in [0.2, 0.25) is 0 Å². The Morgan fingerprint density at radius 1 is 1.27 bits per heavy atom. The summed E-state index contributed by atoms with van der Waals surface area (Å²) in [6.07, 6.45) is 4.00. The second kappa shape index (κ2) is 1.80. The number of likely N-dealkylation sites (N-methyl/N-ethyl adjacent to an activating group) is 1. The molecule has 3 aliphatic heterocycles. The highest BCUT2D eigenvalue weighted by Gasteiger charge is 2.62. The predicted octanol–water partition coefficient (Wildman–Crippen LogP) is 0.866. The van der Waals surface area contributed by atoms with E-state index in [1.165, 1.54) is 12.8 Å². The molecular weight excluding hydrogens is 138 g/mol. The normalized spacial score (nSPS) is 61.1. The molecule has 0 radical (unpaired) electrons. The smallest absolute Gasteiger partial charge is 0.101 e. The number of hydrogen-bond acceptors (Lipinski definition) is 2. The zero-order chi connectivity index (χ0) is 7.59. The van der Waals surface area contributed by atoms with Gasteiger partial charge in [-0.3, -0.25) is 4.90 Å². The Bertz CT molecular complexity index is 192. The van der Waals surface area contributed by atoms with Crippen molar-refractivity contribution < 1.29 is 4.74 Å². The van der Waals surface area contributed by atoms with Crippen LogP contribution in [0.4, 0.5) is 0 Å². The Hall–Kier alpha value is -0.0800. The van der Waals surface area contributed by atoms with Crippen LogP contribution in [0.15, 0.2) is 0 Å². The fraction of sp³-hybridized carbons (Fsp3) is 1.00. The van der Waals surface area contributed by atoms with E-state index in [2.05, 4.69) is 18.9 Å². The van der Waals surface area contributed by atoms with E-state index in [4.69, 9.17) is 4.74 Å². The van der Waals surface area contributed by atoms with E-state index in [-0.39, 0.29) is 0 Å². The lowest BCUT2D eigenvalue weighted by Gasteiger charge is -2.37. The minimum absolute atomic E-state index is 0.613. The van der Waals surface area contributed by atoms with E-state index >= 15 is 0 Å². The Kier molecular flexibility index (Phi) is 1.06. The molecule has 11 heavy (non-hydrogen) atoms. The zero-order valence-electron chi connectivity index (χ0n) is 7.16. The van der Waals surface area contributed by atoms with Gasteiger partial charge >= 0.3 is 0 Å². The minimum atomic E-state index is 0.613. The van der Waals surface area contributed by atoms with Crippen molar-refractivity contribution in [2.75, 3.05) is 7.05 Å². The number of hydrogen-bond donors (Lipinski definition) is 0. The van der Waals surface area contributed by atoms with Crippen molar-refractivity contribution in [3.05, 3.63) is 0 Å². The van der Waals surface area contributed by atoms with Crippen LogP contribution < -0.4 is 0 Å². The van der Waals surface area contributed by atoms with Crippen LogP contribution in [0.25, 0.3) is 0 Å². The maximum absolute atomic E-state index is 5.62. The monoisotopic (exact) mass is 153 g/mol. The summed E-state index contributed by atoms with van der Waals surface area (Å²) < 4.78 is 5.62. The van der Waals surface area contributed by atoms with Crippen LogP contribution in [0.1, 0.15) is 19.8 Å². The van der Waals surface area contributed by atoms with Crippen molar-refractivity contribution in [1.82, 2.24) is 4.90 Å². The van der Waals surface area contributed by atoms with Crippen molar-refractivity contribution in [3.8, 4) is 0 Å². The van der Waals surface area contributed by atoms with Gasteiger partial charge in [0.05, 0.1) is 0 Å². The molecule has 0 aromatic heterocycles. The number of rotatable bonds is 0. The van der Waals surface area contributed by atoms with Crippen LogP contribution in [-0.4, -0.2) is 36.2 Å². The Balaban J connectivity index is 1.94. The lowest BCUT2D eigenvalue weighted by Crippen LogP contribution is -2.45. The summed E-state index contributed by atoms with van der Waals surface area (Å²) in [5.41, 5.74) is 0. The van der Waals surface area contributed by atoms with Crippen molar-refractivity contribution in [2.24, 2.45) is 5.92 Å². The minimum Gasteiger partial charge on any atom is -0.366 e. The number of ether oxygens (including phenoxy) is 1. The SMILES string of the molecule is CC1CCC2C3OC3C1N2C. The Morgan fingerprint density at radius 3 is 2.82 bits per heavy atom. The van der Waals surface area contributed by atoms with Crippen LogP contribution in [0, 0.1) is 5.92 Å². The number of fused-ring (bicyclic) bond motifs is 5. The lowest BCUT2D eigenvalue weighted by molar-refractivity contribution is 0.0427. The zero-order valence-corrected chi connectivity index (χ0v) is 7.16. The second-order valence-electron chi connectivity index (χ2n) is 4.34. The van der Waals surface area contributed by atoms with Gasteiger partial charge in [-0.25, -0.2) is 0 Å². The van der Waals surface area contributed by atoms with Gasteiger partial charge in [0.25, 0.3) is 0 Å². The molecule has 2 bridgehead atoms. The van der Waals surface area contributed by atoms with Gasteiger partial charge in [-0.2, -0.15) is 0 Å². The van der Waals surface area contributed by atoms with Gasteiger partial charge in [0.15, 0.2) is 0 Å². The summed E-state index contributed by atoms with van der Waals surface area (Å²) in [7, 11) is 2.26. The highest BCUT2D eigenvalue weighted by Crippen LogP contribution is 2.49. The standard InChI is InChI=1S/C9H15NO/c1-5-3-4-6-8-9(11-8)7(5)10(6)2/h5-9H,3-4H2,1-2H3. The molecule has 0 aromatic carbocycles. The fourth-order valence-electron chi connectivity index (χ4n) is 3.10. The molecule has 0 spiro atoms. The molecular formula is C9H15NO. The molecule has 0 aliphatic carbocycles. The quantitative estimate of drug-likeness (QED) is 0.480. The first-order chi connectivity index (χ1) is 5.29. The van der Waals surface area contributed by atoms with E-state index in [0.717, 1.165) is 18.0 Å². The molecule has 3 saturated heterocycles. The summed E-state index contributed by atoms with van der Waals surface area (Å²) >= 11 is 0. The summed E-state index contributed by atoms with van der Waals surface area (Å²) in [5.74, 6) is 0.855. The molecule has 0 amide bonds. The third kappa shape index (κ3) is 0.651. The molecule has 5 unspecified atom stereocenters. The molecule has 3 heterocycles. The molecule has 3 fully saturated rings. The van der Waals surface area contributed by atoms with Crippen LogP contribution >= 0.6 is 0 Å². The maximum Gasteiger partial charge on any atom is 0.101 e. The first-order valence-electron chi connectivity index (χ1n) is 4.66. The Labute approximate surface area is 67.5 Å². The summed E-state index contributed by atoms with van der Waals surface area (Å²) in [4.78, 5) is 2.55. The van der Waals surface area contributed by atoms with E-state index in [1.807, 2.05) is 0 Å². The van der Waals surface area contributed by atoms with Gasteiger partial charge in [0, 0.05) is 12.1 Å². The average molecular weight is 153 g/mol. The van der Waals surface area contributed by atoms with Gasteiger partial charge in [0.1, 0.15) is 12.2 Å². The Morgan fingerprint density at radius 2 is 2.09 bits per heavy atom. The third-order valence-corrected chi connectivity index (χ3v) is 3.77. The summed E-state index contributed by atoms with van der Waals surface area (Å²) in [6, 6.07) is 1.51. The van der Waals surface area contributed by atoms with Gasteiger partial charge in [-0.1, -0.05) is 6.92 Å². The van der Waals surface area contributed by atoms with Crippen molar-refractivity contribution in [2.45, 2.75) is 44.1 Å². The first-order valence-corrected chi connectivity index (χ1v) is 4.66. The molecule has 2 heteroatoms. The van der Waals surface area contributed by atoms with Crippen LogP contribution in [-0.2, 0) is 4.74 Å². The highest BCUT2D eigenvalue weighted by molar-refractivity contribution is 5.13. The lowest BCUT2D eigenvalue weighted by atomic mass is 9.92. The number of nitrogens with zero attached hydrogens (tertiary/aromatic N) is 1. The van der Waals surface area contributed by atoms with E-state index < -0.39 is 0 Å². The van der Waals surface area contributed by atoms with Gasteiger partial charge in [-0.15, -0.1) is 0 Å². The van der Waals surface area contributed by atoms with Gasteiger partial charge in [0.2, 0.25) is 0 Å². The number of piperidine rings is 1.